The summed E-state index contributed by atoms with van der Waals surface area (Å²) in [7, 11) is -1.11. The molecule has 6 rings (SSSR count). The smallest absolute Gasteiger partial charge is 0.333 e. The number of nitrogens with zero attached hydrogens (tertiary/aromatic N) is 5. The molecule has 0 bridgehead atoms. The Morgan fingerprint density at radius 3 is 2.58 bits per heavy atom. The Kier molecular flexibility index (Phi) is 9.82. The van der Waals surface area contributed by atoms with E-state index in [2.05, 4.69) is 27.5 Å². The Labute approximate surface area is 296 Å². The number of benzene rings is 2. The minimum atomic E-state index is -3.78. The molecule has 1 saturated heterocycles. The van der Waals surface area contributed by atoms with Gasteiger partial charge in [0.05, 0.1) is 13.2 Å². The number of aryl methyl sites for hydroxylation is 1. The van der Waals surface area contributed by atoms with Crippen LogP contribution in [0.1, 0.15) is 34.3 Å². The lowest BCUT2D eigenvalue weighted by molar-refractivity contribution is -0.137. The normalized spacial score (nSPS) is 15.6. The summed E-state index contributed by atoms with van der Waals surface area (Å²) in [5, 5.41) is 4.67. The summed E-state index contributed by atoms with van der Waals surface area (Å²) >= 11 is 0. The molecule has 2 aromatic carbocycles. The number of imide groups is 1. The number of carbonyl (C=O) groups is 4. The van der Waals surface area contributed by atoms with Gasteiger partial charge in [0.1, 0.15) is 25.0 Å². The zero-order valence-corrected chi connectivity index (χ0v) is 29.1. The second-order valence-electron chi connectivity index (χ2n) is 12.1. The van der Waals surface area contributed by atoms with Crippen LogP contribution in [-0.4, -0.2) is 87.7 Å². The number of amides is 4. The van der Waals surface area contributed by atoms with Crippen molar-refractivity contribution in [2.24, 2.45) is 14.1 Å². The highest BCUT2D eigenvalue weighted by atomic mass is 32.2. The predicted molar refractivity (Wildman–Crippen MR) is 184 cm³/mol. The second-order valence-corrected chi connectivity index (χ2v) is 14.1. The molecule has 4 amide bonds. The van der Waals surface area contributed by atoms with Crippen LogP contribution < -0.4 is 26.6 Å². The summed E-state index contributed by atoms with van der Waals surface area (Å²) in [6, 6.07) is 10.9. The third kappa shape index (κ3) is 7.08. The van der Waals surface area contributed by atoms with Gasteiger partial charge in [-0.2, -0.15) is 4.98 Å². The number of anilines is 1. The number of fused-ring (bicyclic) bond motifs is 2. The van der Waals surface area contributed by atoms with Crippen LogP contribution in [0, 0.1) is 11.8 Å². The number of hydrogen-bond acceptors (Lipinski definition) is 11. The molecule has 18 heteroatoms. The van der Waals surface area contributed by atoms with Gasteiger partial charge >= 0.3 is 5.69 Å². The lowest BCUT2D eigenvalue weighted by Crippen LogP contribution is -2.52. The van der Waals surface area contributed by atoms with Crippen LogP contribution in [0.4, 0.5) is 5.69 Å². The Balaban J connectivity index is 1.02. The number of nitrogens with one attached hydrogen (secondary N) is 2. The van der Waals surface area contributed by atoms with E-state index in [-0.39, 0.29) is 73.9 Å². The number of aromatic nitrogens is 4. The molecule has 2 N–H and O–H groups in total. The fraction of sp³-hybridized carbons (Fsp3) is 0.324. The predicted octanol–water partition coefficient (Wildman–Crippen LogP) is -0.316. The number of sulfone groups is 1. The molecule has 2 aliphatic rings. The topological polar surface area (TPSA) is 210 Å². The molecule has 2 aromatic heterocycles. The standard InChI is InChI=1S/C34H33N7O10S/c1-38-28-29(37-33(38)52(3,48)49)40(34(47)39(2)32(28)46)14-6-8-20-7-4-9-21(17-20)51-16-15-50-19-27(43)35-24-11-5-10-22-23(24)18-41(31(22)45)25-12-13-26(42)36-30(25)44/h4-5,7,9-11,17,25H,12-16,18-19H2,1-3H3,(H,35,43)(H,36,42,44). The lowest BCUT2D eigenvalue weighted by atomic mass is 10.0. The van der Waals surface area contributed by atoms with Crippen molar-refractivity contribution in [3.8, 4) is 17.6 Å². The van der Waals surface area contributed by atoms with Crippen molar-refractivity contribution in [3.63, 3.8) is 0 Å². The molecule has 1 atom stereocenters. The lowest BCUT2D eigenvalue weighted by Gasteiger charge is -2.29. The number of rotatable bonds is 10. The average Bonchev–Trinajstić information content (AvgIpc) is 3.62. The van der Waals surface area contributed by atoms with E-state index in [1.54, 1.807) is 42.5 Å². The molecule has 1 unspecified atom stereocenters. The zero-order valence-electron chi connectivity index (χ0n) is 28.3. The van der Waals surface area contributed by atoms with Crippen molar-refractivity contribution in [1.82, 2.24) is 28.9 Å². The number of hydrogen-bond donors (Lipinski definition) is 2. The first kappa shape index (κ1) is 35.8. The largest absolute Gasteiger partial charge is 0.491 e. The Bertz CT molecular complexity index is 2450. The van der Waals surface area contributed by atoms with Gasteiger partial charge in [0.15, 0.2) is 11.2 Å². The second kappa shape index (κ2) is 14.3. The maximum absolute atomic E-state index is 13.0. The SMILES string of the molecule is Cn1c(=O)c2c(nc(S(C)(=O)=O)n2C)n(CC#Cc2cccc(OCCOCC(=O)Nc3cccc4c3CN(C3CCC(=O)NC3=O)C4=O)c2)c1=O. The van der Waals surface area contributed by atoms with Crippen LogP contribution in [-0.2, 0) is 56.1 Å². The Hall–Kier alpha value is -6.06. The molecule has 0 spiro atoms. The molecule has 270 valence electrons. The summed E-state index contributed by atoms with van der Waals surface area (Å²) in [5.41, 5.74) is 0.411. The molecule has 1 fully saturated rings. The van der Waals surface area contributed by atoms with Gasteiger partial charge in [-0.15, -0.1) is 0 Å². The highest BCUT2D eigenvalue weighted by Gasteiger charge is 2.40. The highest BCUT2D eigenvalue weighted by molar-refractivity contribution is 7.90. The Morgan fingerprint density at radius 2 is 1.83 bits per heavy atom. The molecule has 0 saturated carbocycles. The van der Waals surface area contributed by atoms with Crippen molar-refractivity contribution in [2.75, 3.05) is 31.4 Å². The van der Waals surface area contributed by atoms with Crippen molar-refractivity contribution in [2.45, 2.75) is 37.1 Å². The highest BCUT2D eigenvalue weighted by Crippen LogP contribution is 2.32. The van der Waals surface area contributed by atoms with Crippen molar-refractivity contribution in [1.29, 1.82) is 0 Å². The van der Waals surface area contributed by atoms with Gasteiger partial charge in [0, 0.05) is 55.7 Å². The molecule has 17 nitrogen and oxygen atoms in total. The minimum Gasteiger partial charge on any atom is -0.491 e. The zero-order chi connectivity index (χ0) is 37.3. The fourth-order valence-electron chi connectivity index (χ4n) is 6.04. The van der Waals surface area contributed by atoms with Gasteiger partial charge < -0.3 is 24.3 Å². The molecule has 52 heavy (non-hydrogen) atoms. The summed E-state index contributed by atoms with van der Waals surface area (Å²) in [6.07, 6.45) is 1.33. The quantitative estimate of drug-likeness (QED) is 0.123. The van der Waals surface area contributed by atoms with Crippen molar-refractivity contribution >= 4 is 50.3 Å². The number of carbonyl (C=O) groups excluding carboxylic acids is 4. The molecule has 4 heterocycles. The summed E-state index contributed by atoms with van der Waals surface area (Å²) in [6.45, 7) is -0.174. The summed E-state index contributed by atoms with van der Waals surface area (Å²) in [5.74, 6) is 4.56. The first-order chi connectivity index (χ1) is 24.7. The Morgan fingerprint density at radius 1 is 1.06 bits per heavy atom. The van der Waals surface area contributed by atoms with Gasteiger partial charge in [0.25, 0.3) is 11.5 Å². The van der Waals surface area contributed by atoms with Crippen LogP contribution in [0.2, 0.25) is 0 Å². The molecular formula is C34H33N7O10S. The first-order valence-corrected chi connectivity index (χ1v) is 17.9. The van der Waals surface area contributed by atoms with E-state index in [1.807, 2.05) is 0 Å². The van der Waals surface area contributed by atoms with Crippen LogP contribution in [0.3, 0.4) is 0 Å². The monoisotopic (exact) mass is 731 g/mol. The van der Waals surface area contributed by atoms with E-state index < -0.39 is 38.9 Å². The summed E-state index contributed by atoms with van der Waals surface area (Å²) in [4.78, 5) is 80.7. The third-order valence-corrected chi connectivity index (χ3v) is 9.57. The van der Waals surface area contributed by atoms with E-state index in [0.29, 0.717) is 28.1 Å². The third-order valence-electron chi connectivity index (χ3n) is 8.54. The van der Waals surface area contributed by atoms with E-state index in [1.165, 1.54) is 19.0 Å². The van der Waals surface area contributed by atoms with Crippen LogP contribution in [0.25, 0.3) is 11.2 Å². The van der Waals surface area contributed by atoms with Gasteiger partial charge in [-0.1, -0.05) is 24.0 Å². The van der Waals surface area contributed by atoms with E-state index in [4.69, 9.17) is 9.47 Å². The van der Waals surface area contributed by atoms with Crippen LogP contribution in [0.5, 0.6) is 5.75 Å². The van der Waals surface area contributed by atoms with E-state index >= 15 is 0 Å². The molecule has 0 aliphatic carbocycles. The van der Waals surface area contributed by atoms with Gasteiger partial charge in [-0.3, -0.25) is 38.4 Å². The first-order valence-electron chi connectivity index (χ1n) is 16.0. The average molecular weight is 732 g/mol. The number of imidazole rings is 1. The van der Waals surface area contributed by atoms with Gasteiger partial charge in [-0.05, 0) is 36.8 Å². The fourth-order valence-corrected chi connectivity index (χ4v) is 6.88. The van der Waals surface area contributed by atoms with Crippen molar-refractivity contribution < 1.29 is 37.1 Å². The maximum Gasteiger partial charge on any atom is 0.333 e. The summed E-state index contributed by atoms with van der Waals surface area (Å²) < 4.78 is 38.7. The van der Waals surface area contributed by atoms with Gasteiger partial charge in [0.2, 0.25) is 32.7 Å². The molecule has 0 radical (unpaired) electrons. The van der Waals surface area contributed by atoms with Crippen LogP contribution >= 0.6 is 0 Å². The van der Waals surface area contributed by atoms with Gasteiger partial charge in [-0.25, -0.2) is 13.2 Å². The minimum absolute atomic E-state index is 0.0437. The van der Waals surface area contributed by atoms with Crippen molar-refractivity contribution in [3.05, 3.63) is 80.0 Å². The number of ether oxygens (including phenoxy) is 2. The molecule has 4 aromatic rings. The van der Waals surface area contributed by atoms with E-state index in [0.717, 1.165) is 20.0 Å². The number of piperidine rings is 1. The molecule has 2 aliphatic heterocycles. The van der Waals surface area contributed by atoms with E-state index in [9.17, 15) is 37.2 Å². The molecular weight excluding hydrogens is 698 g/mol. The van der Waals surface area contributed by atoms with Crippen LogP contribution in [0.15, 0.2) is 57.2 Å². The maximum atomic E-state index is 13.0.